The first-order valence-corrected chi connectivity index (χ1v) is 5.39. The van der Waals surface area contributed by atoms with Gasteiger partial charge in [0.15, 0.2) is 0 Å². The monoisotopic (exact) mass is 221 g/mol. The number of hydrazine groups is 1. The molecule has 1 aromatic heterocycles. The largest absolute Gasteiger partial charge is 0.339 e. The van der Waals surface area contributed by atoms with E-state index in [0.29, 0.717) is 11.5 Å². The molecule has 0 radical (unpaired) electrons. The molecule has 1 aliphatic rings. The number of nitrogen functional groups attached to an aromatic ring is 1. The predicted molar refractivity (Wildman–Crippen MR) is 59.6 cm³/mol. The number of piperidine rings is 1. The Morgan fingerprint density at radius 1 is 1.25 bits per heavy atom. The van der Waals surface area contributed by atoms with Crippen molar-refractivity contribution in [1.82, 2.24) is 14.9 Å². The van der Waals surface area contributed by atoms with Gasteiger partial charge in [-0.2, -0.15) is 0 Å². The predicted octanol–water partition coefficient (Wildman–Crippen LogP) is 0.388. The topological polar surface area (TPSA) is 84.1 Å². The van der Waals surface area contributed by atoms with Crippen molar-refractivity contribution in [3.8, 4) is 0 Å². The van der Waals surface area contributed by atoms with Crippen molar-refractivity contribution in [2.24, 2.45) is 5.84 Å². The summed E-state index contributed by atoms with van der Waals surface area (Å²) >= 11 is 0. The van der Waals surface area contributed by atoms with Crippen LogP contribution in [0.2, 0.25) is 0 Å². The fourth-order valence-electron chi connectivity index (χ4n) is 1.79. The van der Waals surface area contributed by atoms with Crippen LogP contribution in [0.1, 0.15) is 29.6 Å². The van der Waals surface area contributed by atoms with Crippen LogP contribution in [0.3, 0.4) is 0 Å². The summed E-state index contributed by atoms with van der Waals surface area (Å²) in [6.45, 7) is 1.66. The van der Waals surface area contributed by atoms with Gasteiger partial charge in [-0.05, 0) is 19.3 Å². The second-order valence-corrected chi connectivity index (χ2v) is 3.79. The molecule has 0 aromatic carbocycles. The molecule has 3 N–H and O–H groups in total. The van der Waals surface area contributed by atoms with Crippen LogP contribution in [0.5, 0.6) is 0 Å². The van der Waals surface area contributed by atoms with Crippen LogP contribution in [-0.4, -0.2) is 33.9 Å². The molecule has 0 saturated carbocycles. The quantitative estimate of drug-likeness (QED) is 0.557. The summed E-state index contributed by atoms with van der Waals surface area (Å²) in [6.07, 6.45) is 6.36. The van der Waals surface area contributed by atoms with E-state index in [4.69, 9.17) is 5.84 Å². The van der Waals surface area contributed by atoms with Gasteiger partial charge in [0.2, 0.25) is 5.95 Å². The van der Waals surface area contributed by atoms with Crippen LogP contribution in [-0.2, 0) is 0 Å². The minimum atomic E-state index is 0.00303. The highest BCUT2D eigenvalue weighted by atomic mass is 16.2. The van der Waals surface area contributed by atoms with Crippen LogP contribution in [0.4, 0.5) is 5.95 Å². The van der Waals surface area contributed by atoms with Gasteiger partial charge in [0.05, 0.1) is 5.56 Å². The van der Waals surface area contributed by atoms with Crippen LogP contribution < -0.4 is 11.3 Å². The normalized spacial score (nSPS) is 15.9. The number of amides is 1. The lowest BCUT2D eigenvalue weighted by atomic mass is 10.1. The van der Waals surface area contributed by atoms with Crippen molar-refractivity contribution in [1.29, 1.82) is 0 Å². The maximum atomic E-state index is 12.0. The Kier molecular flexibility index (Phi) is 3.31. The van der Waals surface area contributed by atoms with Gasteiger partial charge in [0.1, 0.15) is 0 Å². The average Bonchev–Trinajstić information content (AvgIpc) is 2.39. The molecular weight excluding hydrogens is 206 g/mol. The number of rotatable bonds is 2. The van der Waals surface area contributed by atoms with E-state index in [-0.39, 0.29) is 5.91 Å². The lowest BCUT2D eigenvalue weighted by molar-refractivity contribution is 0.0723. The van der Waals surface area contributed by atoms with Gasteiger partial charge in [-0.3, -0.25) is 10.2 Å². The van der Waals surface area contributed by atoms with Crippen LogP contribution >= 0.6 is 0 Å². The molecule has 6 heteroatoms. The van der Waals surface area contributed by atoms with Gasteiger partial charge < -0.3 is 4.90 Å². The number of nitrogens with zero attached hydrogens (tertiary/aromatic N) is 3. The Labute approximate surface area is 93.8 Å². The zero-order chi connectivity index (χ0) is 11.4. The van der Waals surface area contributed by atoms with Crippen molar-refractivity contribution in [3.05, 3.63) is 18.0 Å². The zero-order valence-corrected chi connectivity index (χ0v) is 9.02. The highest BCUT2D eigenvalue weighted by Gasteiger charge is 2.18. The van der Waals surface area contributed by atoms with Crippen molar-refractivity contribution in [2.75, 3.05) is 18.5 Å². The number of nitrogens with two attached hydrogens (primary N) is 1. The molecule has 0 bridgehead atoms. The fraction of sp³-hybridized carbons (Fsp3) is 0.500. The first-order valence-electron chi connectivity index (χ1n) is 5.39. The maximum Gasteiger partial charge on any atom is 0.256 e. The van der Waals surface area contributed by atoms with Gasteiger partial charge in [-0.1, -0.05) is 0 Å². The Morgan fingerprint density at radius 2 is 1.88 bits per heavy atom. The number of carbonyl (C=O) groups excluding carboxylic acids is 1. The molecule has 0 atom stereocenters. The molecule has 6 nitrogen and oxygen atoms in total. The van der Waals surface area contributed by atoms with Crippen molar-refractivity contribution in [2.45, 2.75) is 19.3 Å². The van der Waals surface area contributed by atoms with Crippen molar-refractivity contribution < 1.29 is 4.79 Å². The molecule has 1 aromatic rings. The molecule has 86 valence electrons. The summed E-state index contributed by atoms with van der Waals surface area (Å²) < 4.78 is 0. The number of aromatic nitrogens is 2. The molecule has 1 amide bonds. The van der Waals surface area contributed by atoms with Gasteiger partial charge in [-0.15, -0.1) is 0 Å². The maximum absolute atomic E-state index is 12.0. The smallest absolute Gasteiger partial charge is 0.256 e. The number of carbonyl (C=O) groups is 1. The van der Waals surface area contributed by atoms with E-state index in [1.54, 1.807) is 0 Å². The van der Waals surface area contributed by atoms with E-state index in [2.05, 4.69) is 15.4 Å². The summed E-state index contributed by atoms with van der Waals surface area (Å²) in [5, 5.41) is 0. The third-order valence-corrected chi connectivity index (χ3v) is 2.67. The molecule has 1 aliphatic heterocycles. The third-order valence-electron chi connectivity index (χ3n) is 2.67. The van der Waals surface area contributed by atoms with E-state index in [0.717, 1.165) is 25.9 Å². The first-order chi connectivity index (χ1) is 7.81. The molecule has 2 rings (SSSR count). The summed E-state index contributed by atoms with van der Waals surface area (Å²) in [7, 11) is 0. The van der Waals surface area contributed by atoms with Crippen LogP contribution in [0.25, 0.3) is 0 Å². The molecule has 0 unspecified atom stereocenters. The van der Waals surface area contributed by atoms with Gasteiger partial charge in [0.25, 0.3) is 5.91 Å². The van der Waals surface area contributed by atoms with Crippen LogP contribution in [0.15, 0.2) is 12.4 Å². The molecule has 16 heavy (non-hydrogen) atoms. The average molecular weight is 221 g/mol. The standard InChI is InChI=1S/C10H15N5O/c11-14-10-12-6-8(7-13-10)9(16)15-4-2-1-3-5-15/h6-7H,1-5,11H2,(H,12,13,14). The SMILES string of the molecule is NNc1ncc(C(=O)N2CCCCC2)cn1. The highest BCUT2D eigenvalue weighted by molar-refractivity contribution is 5.93. The van der Waals surface area contributed by atoms with Gasteiger partial charge in [-0.25, -0.2) is 15.8 Å². The number of nitrogens with one attached hydrogen (secondary N) is 1. The summed E-state index contributed by atoms with van der Waals surface area (Å²) in [6, 6.07) is 0. The van der Waals surface area contributed by atoms with Gasteiger partial charge in [0, 0.05) is 25.5 Å². The highest BCUT2D eigenvalue weighted by Crippen LogP contribution is 2.12. The summed E-state index contributed by atoms with van der Waals surface area (Å²) in [5.74, 6) is 5.47. The number of hydrogen-bond donors (Lipinski definition) is 2. The lowest BCUT2D eigenvalue weighted by Gasteiger charge is -2.26. The third kappa shape index (κ3) is 2.27. The van der Waals surface area contributed by atoms with E-state index >= 15 is 0 Å². The Morgan fingerprint density at radius 3 is 2.44 bits per heavy atom. The fourth-order valence-corrected chi connectivity index (χ4v) is 1.79. The second-order valence-electron chi connectivity index (χ2n) is 3.79. The first kappa shape index (κ1) is 10.8. The minimum absolute atomic E-state index is 0.00303. The summed E-state index contributed by atoms with van der Waals surface area (Å²) in [4.78, 5) is 21.7. The van der Waals surface area contributed by atoms with E-state index in [1.807, 2.05) is 4.90 Å². The Bertz CT molecular complexity index is 358. The van der Waals surface area contributed by atoms with E-state index in [9.17, 15) is 4.79 Å². The molecule has 1 saturated heterocycles. The number of hydrogen-bond acceptors (Lipinski definition) is 5. The number of likely N-dealkylation sites (tertiary alicyclic amines) is 1. The minimum Gasteiger partial charge on any atom is -0.339 e. The second kappa shape index (κ2) is 4.89. The number of anilines is 1. The zero-order valence-electron chi connectivity index (χ0n) is 9.02. The molecule has 2 heterocycles. The molecular formula is C10H15N5O. The molecule has 0 spiro atoms. The molecule has 0 aliphatic carbocycles. The van der Waals surface area contributed by atoms with Crippen LogP contribution in [0, 0.1) is 0 Å². The Hall–Kier alpha value is -1.69. The summed E-state index contributed by atoms with van der Waals surface area (Å²) in [5.41, 5.74) is 2.84. The Balaban J connectivity index is 2.07. The molecule has 1 fully saturated rings. The van der Waals surface area contributed by atoms with Crippen molar-refractivity contribution >= 4 is 11.9 Å². The van der Waals surface area contributed by atoms with E-state index in [1.165, 1.54) is 18.8 Å². The van der Waals surface area contributed by atoms with Gasteiger partial charge >= 0.3 is 0 Å². The van der Waals surface area contributed by atoms with E-state index < -0.39 is 0 Å². The van der Waals surface area contributed by atoms with Crippen molar-refractivity contribution in [3.63, 3.8) is 0 Å². The lowest BCUT2D eigenvalue weighted by Crippen LogP contribution is -2.35.